The van der Waals surface area contributed by atoms with Gasteiger partial charge in [-0.3, -0.25) is 4.79 Å². The number of nitrogens with one attached hydrogen (secondary N) is 1. The quantitative estimate of drug-likeness (QED) is 0.743. The van der Waals surface area contributed by atoms with Crippen molar-refractivity contribution in [1.82, 2.24) is 14.8 Å². The number of carbonyl (C=O) groups excluding carboxylic acids is 1. The molecule has 1 amide bonds. The summed E-state index contributed by atoms with van der Waals surface area (Å²) >= 11 is 0. The van der Waals surface area contributed by atoms with Gasteiger partial charge in [0, 0.05) is 11.8 Å². The van der Waals surface area contributed by atoms with Gasteiger partial charge in [0.15, 0.2) is 0 Å². The van der Waals surface area contributed by atoms with E-state index in [1.165, 1.54) is 11.9 Å². The maximum Gasteiger partial charge on any atom is 0.231 e. The zero-order valence-corrected chi connectivity index (χ0v) is 14.3. The van der Waals surface area contributed by atoms with Crippen molar-refractivity contribution in [2.45, 2.75) is 25.3 Å². The third-order valence-electron chi connectivity index (χ3n) is 4.61. The summed E-state index contributed by atoms with van der Waals surface area (Å²) in [6.07, 6.45) is 4.97. The molecule has 0 spiro atoms. The molecule has 1 heterocycles. The molecule has 4 rings (SSSR count). The minimum Gasteiger partial charge on any atom is -0.492 e. The van der Waals surface area contributed by atoms with E-state index in [9.17, 15) is 4.79 Å². The van der Waals surface area contributed by atoms with Crippen LogP contribution >= 0.6 is 0 Å². The molecule has 2 aromatic carbocycles. The van der Waals surface area contributed by atoms with E-state index in [4.69, 9.17) is 4.74 Å². The van der Waals surface area contributed by atoms with Gasteiger partial charge >= 0.3 is 0 Å². The average molecular weight is 348 g/mol. The van der Waals surface area contributed by atoms with Gasteiger partial charge in [0.05, 0.1) is 12.5 Å². The molecule has 1 aliphatic carbocycles. The van der Waals surface area contributed by atoms with E-state index in [1.54, 1.807) is 11.0 Å². The van der Waals surface area contributed by atoms with Crippen LogP contribution in [0.5, 0.6) is 5.75 Å². The first-order valence-electron chi connectivity index (χ1n) is 8.73. The van der Waals surface area contributed by atoms with Crippen molar-refractivity contribution in [2.24, 2.45) is 0 Å². The maximum atomic E-state index is 12.7. The fourth-order valence-corrected chi connectivity index (χ4v) is 3.33. The summed E-state index contributed by atoms with van der Waals surface area (Å²) in [6, 6.07) is 15.7. The monoisotopic (exact) mass is 348 g/mol. The number of anilines is 1. The number of nitrogens with zero attached hydrogens (tertiary/aromatic N) is 3. The second kappa shape index (κ2) is 7.39. The van der Waals surface area contributed by atoms with Gasteiger partial charge in [0.2, 0.25) is 5.91 Å². The standard InChI is InChI=1S/C20H20N4O2/c25-20(19-9-8-15-4-1-2-7-18(15)19)23-16-5-3-6-17(12-16)26-11-10-24-14-21-13-22-24/h1-7,12-14,19H,8-11H2,(H,23,25). The van der Waals surface area contributed by atoms with Crippen LogP contribution in [0.3, 0.4) is 0 Å². The van der Waals surface area contributed by atoms with Crippen molar-refractivity contribution in [1.29, 1.82) is 0 Å². The van der Waals surface area contributed by atoms with Crippen molar-refractivity contribution in [3.8, 4) is 5.75 Å². The van der Waals surface area contributed by atoms with Crippen molar-refractivity contribution in [3.05, 3.63) is 72.3 Å². The van der Waals surface area contributed by atoms with Crippen LogP contribution in [-0.2, 0) is 17.8 Å². The van der Waals surface area contributed by atoms with Gasteiger partial charge < -0.3 is 10.1 Å². The smallest absolute Gasteiger partial charge is 0.231 e. The lowest BCUT2D eigenvalue weighted by atomic mass is 10.0. The Kier molecular flexibility index (Phi) is 4.64. The van der Waals surface area contributed by atoms with Gasteiger partial charge in [-0.1, -0.05) is 30.3 Å². The molecule has 1 N–H and O–H groups in total. The molecular weight excluding hydrogens is 328 g/mol. The van der Waals surface area contributed by atoms with E-state index >= 15 is 0 Å². The SMILES string of the molecule is O=C(Nc1cccc(OCCn2cncn2)c1)C1CCc2ccccc21. The normalized spacial score (nSPS) is 15.5. The summed E-state index contributed by atoms with van der Waals surface area (Å²) < 4.78 is 7.45. The lowest BCUT2D eigenvalue weighted by molar-refractivity contribution is -0.117. The lowest BCUT2D eigenvalue weighted by Gasteiger charge is -2.13. The molecule has 6 heteroatoms. The van der Waals surface area contributed by atoms with Crippen LogP contribution in [0.15, 0.2) is 61.2 Å². The zero-order valence-electron chi connectivity index (χ0n) is 14.3. The number of fused-ring (bicyclic) bond motifs is 1. The van der Waals surface area contributed by atoms with E-state index < -0.39 is 0 Å². The molecule has 26 heavy (non-hydrogen) atoms. The number of hydrogen-bond acceptors (Lipinski definition) is 4. The molecular formula is C20H20N4O2. The predicted octanol–water partition coefficient (Wildman–Crippen LogP) is 3.03. The number of amides is 1. The second-order valence-electron chi connectivity index (χ2n) is 6.31. The molecule has 0 radical (unpaired) electrons. The molecule has 0 saturated heterocycles. The Morgan fingerprint density at radius 1 is 1.23 bits per heavy atom. The van der Waals surface area contributed by atoms with Crippen molar-refractivity contribution >= 4 is 11.6 Å². The molecule has 0 bridgehead atoms. The Morgan fingerprint density at radius 3 is 3.04 bits per heavy atom. The van der Waals surface area contributed by atoms with Gasteiger partial charge in [0.25, 0.3) is 0 Å². The summed E-state index contributed by atoms with van der Waals surface area (Å²) in [7, 11) is 0. The van der Waals surface area contributed by atoms with E-state index in [0.29, 0.717) is 13.2 Å². The fourth-order valence-electron chi connectivity index (χ4n) is 3.33. The summed E-state index contributed by atoms with van der Waals surface area (Å²) in [5.74, 6) is 0.674. The first kappa shape index (κ1) is 16.3. The lowest BCUT2D eigenvalue weighted by Crippen LogP contribution is -2.19. The Morgan fingerprint density at radius 2 is 2.15 bits per heavy atom. The summed E-state index contributed by atoms with van der Waals surface area (Å²) in [5, 5.41) is 7.06. The largest absolute Gasteiger partial charge is 0.492 e. The number of benzene rings is 2. The zero-order chi connectivity index (χ0) is 17.8. The predicted molar refractivity (Wildman–Crippen MR) is 98.1 cm³/mol. The van der Waals surface area contributed by atoms with Crippen LogP contribution in [0.4, 0.5) is 5.69 Å². The third kappa shape index (κ3) is 3.59. The highest BCUT2D eigenvalue weighted by Crippen LogP contribution is 2.33. The molecule has 3 aromatic rings. The van der Waals surface area contributed by atoms with Crippen LogP contribution in [-0.4, -0.2) is 27.3 Å². The Hall–Kier alpha value is -3.15. The highest BCUT2D eigenvalue weighted by atomic mass is 16.5. The van der Waals surface area contributed by atoms with E-state index in [1.807, 2.05) is 36.4 Å². The van der Waals surface area contributed by atoms with E-state index in [2.05, 4.69) is 27.5 Å². The van der Waals surface area contributed by atoms with Crippen molar-refractivity contribution in [2.75, 3.05) is 11.9 Å². The molecule has 1 aromatic heterocycles. The molecule has 1 unspecified atom stereocenters. The van der Waals surface area contributed by atoms with Crippen molar-refractivity contribution < 1.29 is 9.53 Å². The van der Waals surface area contributed by atoms with Gasteiger partial charge in [0.1, 0.15) is 25.0 Å². The minimum absolute atomic E-state index is 0.0368. The summed E-state index contributed by atoms with van der Waals surface area (Å²) in [4.78, 5) is 16.6. The highest BCUT2D eigenvalue weighted by Gasteiger charge is 2.28. The van der Waals surface area contributed by atoms with Crippen LogP contribution in [0.2, 0.25) is 0 Å². The Bertz CT molecular complexity index is 892. The molecule has 0 saturated carbocycles. The van der Waals surface area contributed by atoms with E-state index in [0.717, 1.165) is 29.8 Å². The topological polar surface area (TPSA) is 69.0 Å². The number of aromatic nitrogens is 3. The molecule has 1 aliphatic rings. The van der Waals surface area contributed by atoms with Crippen LogP contribution in [0, 0.1) is 0 Å². The van der Waals surface area contributed by atoms with Crippen molar-refractivity contribution in [3.63, 3.8) is 0 Å². The first-order valence-corrected chi connectivity index (χ1v) is 8.73. The third-order valence-corrected chi connectivity index (χ3v) is 4.61. The second-order valence-corrected chi connectivity index (χ2v) is 6.31. The van der Waals surface area contributed by atoms with Crippen LogP contribution < -0.4 is 10.1 Å². The Balaban J connectivity index is 1.37. The molecule has 132 valence electrons. The Labute approximate surface area is 151 Å². The van der Waals surface area contributed by atoms with Gasteiger partial charge in [-0.05, 0) is 36.1 Å². The van der Waals surface area contributed by atoms with Gasteiger partial charge in [-0.25, -0.2) is 9.67 Å². The maximum absolute atomic E-state index is 12.7. The molecule has 0 aliphatic heterocycles. The van der Waals surface area contributed by atoms with Gasteiger partial charge in [-0.2, -0.15) is 5.10 Å². The highest BCUT2D eigenvalue weighted by molar-refractivity contribution is 5.96. The minimum atomic E-state index is -0.0805. The number of ether oxygens (including phenoxy) is 1. The number of aryl methyl sites for hydroxylation is 1. The number of hydrogen-bond donors (Lipinski definition) is 1. The van der Waals surface area contributed by atoms with Crippen LogP contribution in [0.1, 0.15) is 23.5 Å². The summed E-state index contributed by atoms with van der Waals surface area (Å²) in [5.41, 5.74) is 3.17. The molecule has 0 fully saturated rings. The van der Waals surface area contributed by atoms with E-state index in [-0.39, 0.29) is 11.8 Å². The first-order chi connectivity index (χ1) is 12.8. The average Bonchev–Trinajstić information content (AvgIpc) is 3.31. The number of rotatable bonds is 6. The fraction of sp³-hybridized carbons (Fsp3) is 0.250. The van der Waals surface area contributed by atoms with Gasteiger partial charge in [-0.15, -0.1) is 0 Å². The molecule has 6 nitrogen and oxygen atoms in total. The van der Waals surface area contributed by atoms with Crippen LogP contribution in [0.25, 0.3) is 0 Å². The molecule has 1 atom stereocenters. The number of carbonyl (C=O) groups is 1. The summed E-state index contributed by atoms with van der Waals surface area (Å²) in [6.45, 7) is 1.10.